The van der Waals surface area contributed by atoms with Crippen LogP contribution in [-0.2, 0) is 23.1 Å². The number of alkyl halides is 3. The summed E-state index contributed by atoms with van der Waals surface area (Å²) in [4.78, 5) is 20.5. The third-order valence-corrected chi connectivity index (χ3v) is 5.21. The van der Waals surface area contributed by atoms with Crippen LogP contribution in [0.15, 0.2) is 60.1 Å². The number of benzene rings is 2. The Kier molecular flexibility index (Phi) is 5.94. The van der Waals surface area contributed by atoms with E-state index in [0.717, 1.165) is 30.3 Å². The van der Waals surface area contributed by atoms with E-state index in [9.17, 15) is 26.7 Å². The normalized spacial score (nSPS) is 19.9. The maximum absolute atomic E-state index is 14.7. The summed E-state index contributed by atoms with van der Waals surface area (Å²) in [5.41, 5.74) is -2.28. The van der Waals surface area contributed by atoms with Gasteiger partial charge in [0.05, 0.1) is 18.2 Å². The number of halogens is 5. The smallest absolute Gasteiger partial charge is 0.416 e. The van der Waals surface area contributed by atoms with Crippen molar-refractivity contribution in [1.29, 1.82) is 0 Å². The molecule has 0 radical (unpaired) electrons. The van der Waals surface area contributed by atoms with Crippen LogP contribution in [0.25, 0.3) is 0 Å². The third-order valence-electron chi connectivity index (χ3n) is 5.21. The number of aliphatic imine (C=N–C) groups is 1. The van der Waals surface area contributed by atoms with Crippen molar-refractivity contribution in [2.75, 3.05) is 5.32 Å². The minimum atomic E-state index is -4.51. The van der Waals surface area contributed by atoms with Gasteiger partial charge >= 0.3 is 12.2 Å². The van der Waals surface area contributed by atoms with Crippen molar-refractivity contribution < 1.29 is 31.5 Å². The Balaban J connectivity index is 1.53. The number of hydrogen-bond donors (Lipinski definition) is 2. The molecule has 2 atom stereocenters. The van der Waals surface area contributed by atoms with Crippen molar-refractivity contribution in [2.45, 2.75) is 31.3 Å². The summed E-state index contributed by atoms with van der Waals surface area (Å²) in [6.07, 6.45) is -1.86. The van der Waals surface area contributed by atoms with Crippen LogP contribution >= 0.6 is 0 Å². The highest BCUT2D eigenvalue weighted by atomic mass is 19.4. The van der Waals surface area contributed by atoms with Gasteiger partial charge < -0.3 is 10.1 Å². The number of amidine groups is 1. The molecule has 4 rings (SSSR count). The molecule has 1 aromatic heterocycles. The Bertz CT molecular complexity index is 1210. The first-order valence-corrected chi connectivity index (χ1v) is 9.87. The lowest BCUT2D eigenvalue weighted by molar-refractivity contribution is -0.137. The first-order valence-electron chi connectivity index (χ1n) is 9.87. The van der Waals surface area contributed by atoms with Crippen LogP contribution in [-0.4, -0.2) is 32.9 Å². The molecular weight excluding hydrogens is 463 g/mol. The Morgan fingerprint density at radius 1 is 1.15 bits per heavy atom. The maximum Gasteiger partial charge on any atom is 0.416 e. The number of nitrogens with one attached hydrogen (secondary N) is 2. The van der Waals surface area contributed by atoms with Gasteiger partial charge in [0.2, 0.25) is 0 Å². The molecule has 2 N–H and O–H groups in total. The van der Waals surface area contributed by atoms with E-state index in [2.05, 4.69) is 25.7 Å². The molecule has 8 nitrogen and oxygen atoms in total. The van der Waals surface area contributed by atoms with Crippen molar-refractivity contribution in [1.82, 2.24) is 20.1 Å². The highest BCUT2D eigenvalue weighted by Gasteiger charge is 2.49. The Hall–Kier alpha value is -4.03. The molecule has 2 aromatic carbocycles. The number of urea groups is 1. The van der Waals surface area contributed by atoms with Crippen molar-refractivity contribution in [3.8, 4) is 0 Å². The molecule has 0 aliphatic carbocycles. The van der Waals surface area contributed by atoms with Crippen LogP contribution in [0.1, 0.15) is 18.1 Å². The summed E-state index contributed by atoms with van der Waals surface area (Å²) < 4.78 is 73.6. The molecule has 34 heavy (non-hydrogen) atoms. The van der Waals surface area contributed by atoms with Crippen LogP contribution in [0.4, 0.5) is 32.4 Å². The fourth-order valence-corrected chi connectivity index (χ4v) is 3.54. The molecular formula is C21H17F5N6O2. The largest absolute Gasteiger partial charge is 0.449 e. The fraction of sp³-hybridized carbons (Fsp3) is 0.238. The minimum absolute atomic E-state index is 0.0133. The molecule has 178 valence electrons. The second kappa shape index (κ2) is 8.72. The number of hydrogen-bond acceptors (Lipinski definition) is 5. The summed E-state index contributed by atoms with van der Waals surface area (Å²) >= 11 is 0. The zero-order valence-corrected chi connectivity index (χ0v) is 17.5. The summed E-state index contributed by atoms with van der Waals surface area (Å²) in [6, 6.07) is 4.96. The highest BCUT2D eigenvalue weighted by Crippen LogP contribution is 2.39. The second-order valence-electron chi connectivity index (χ2n) is 7.47. The van der Waals surface area contributed by atoms with Gasteiger partial charge in [0.1, 0.15) is 24.3 Å². The Morgan fingerprint density at radius 2 is 1.88 bits per heavy atom. The van der Waals surface area contributed by atoms with E-state index >= 15 is 0 Å². The molecule has 1 aliphatic rings. The molecule has 0 bridgehead atoms. The van der Waals surface area contributed by atoms with Crippen molar-refractivity contribution >= 4 is 17.7 Å². The molecule has 0 spiro atoms. The van der Waals surface area contributed by atoms with Crippen LogP contribution in [0.3, 0.4) is 0 Å². The average Bonchev–Trinajstić information content (AvgIpc) is 3.36. The number of carbonyl (C=O) groups excluding carboxylic acids is 1. The predicted molar refractivity (Wildman–Crippen MR) is 110 cm³/mol. The van der Waals surface area contributed by atoms with E-state index in [1.807, 2.05) is 0 Å². The van der Waals surface area contributed by atoms with Crippen LogP contribution in [0.2, 0.25) is 0 Å². The van der Waals surface area contributed by atoms with E-state index < -0.39 is 41.0 Å². The summed E-state index contributed by atoms with van der Waals surface area (Å²) in [6.45, 7) is 1.55. The van der Waals surface area contributed by atoms with Gasteiger partial charge in [0, 0.05) is 17.3 Å². The standard InChI is InChI=1S/C21H17F5N6O2/c1-12-20(9-32-11-27-10-28-32,16-7-4-14(22)8-17(16)23)34-19(29-12)31-18(33)30-15-5-2-13(3-6-15)21(24,25)26/h2-8,10-12H,9H2,1H3,(H2,29,30,31,33)/t12-,20+/m0/s1. The molecule has 1 aliphatic heterocycles. The second-order valence-corrected chi connectivity index (χ2v) is 7.47. The van der Waals surface area contributed by atoms with Crippen LogP contribution < -0.4 is 10.6 Å². The maximum atomic E-state index is 14.7. The molecule has 3 aromatic rings. The molecule has 0 saturated heterocycles. The van der Waals surface area contributed by atoms with Gasteiger partial charge in [-0.05, 0) is 43.3 Å². The number of nitrogens with zero attached hydrogens (tertiary/aromatic N) is 4. The lowest BCUT2D eigenvalue weighted by Crippen LogP contribution is -2.44. The molecule has 0 unspecified atom stereocenters. The van der Waals surface area contributed by atoms with Crippen molar-refractivity contribution in [3.63, 3.8) is 0 Å². The molecule has 0 fully saturated rings. The zero-order valence-electron chi connectivity index (χ0n) is 17.5. The lowest BCUT2D eigenvalue weighted by Gasteiger charge is -2.32. The van der Waals surface area contributed by atoms with E-state index in [1.165, 1.54) is 23.4 Å². The topological polar surface area (TPSA) is 93.4 Å². The quantitative estimate of drug-likeness (QED) is 0.551. The minimum Gasteiger partial charge on any atom is -0.449 e. The summed E-state index contributed by atoms with van der Waals surface area (Å²) in [5, 5.41) is 8.71. The first kappa shape index (κ1) is 23.1. The van der Waals surface area contributed by atoms with E-state index in [4.69, 9.17) is 4.74 Å². The molecule has 13 heteroatoms. The van der Waals surface area contributed by atoms with Gasteiger partial charge in [-0.1, -0.05) is 0 Å². The number of anilines is 1. The number of ether oxygens (including phenoxy) is 1. The van der Waals surface area contributed by atoms with Crippen LogP contribution in [0.5, 0.6) is 0 Å². The number of amides is 2. The highest BCUT2D eigenvalue weighted by molar-refractivity contribution is 6.01. The van der Waals surface area contributed by atoms with Crippen LogP contribution in [0, 0.1) is 11.6 Å². The Labute approximate surface area is 189 Å². The monoisotopic (exact) mass is 480 g/mol. The Morgan fingerprint density at radius 3 is 2.50 bits per heavy atom. The van der Waals surface area contributed by atoms with Crippen molar-refractivity contribution in [2.24, 2.45) is 4.99 Å². The van der Waals surface area contributed by atoms with Gasteiger partial charge in [-0.25, -0.2) is 28.2 Å². The van der Waals surface area contributed by atoms with Gasteiger partial charge in [-0.15, -0.1) is 0 Å². The SMILES string of the molecule is C[C@@H]1N=C(NC(=O)Nc2ccc(C(F)(F)F)cc2)O[C@@]1(Cn1cncn1)c1ccc(F)cc1F. The molecule has 2 amide bonds. The van der Waals surface area contributed by atoms with Gasteiger partial charge in [0.15, 0.2) is 5.60 Å². The molecule has 2 heterocycles. The third kappa shape index (κ3) is 4.67. The first-order chi connectivity index (χ1) is 16.1. The van der Waals surface area contributed by atoms with Gasteiger partial charge in [-0.3, -0.25) is 5.32 Å². The van der Waals surface area contributed by atoms with Crippen molar-refractivity contribution in [3.05, 3.63) is 77.9 Å². The molecule has 0 saturated carbocycles. The summed E-state index contributed by atoms with van der Waals surface area (Å²) in [5.74, 6) is -1.66. The van der Waals surface area contributed by atoms with E-state index in [1.54, 1.807) is 6.92 Å². The number of aromatic nitrogens is 3. The lowest BCUT2D eigenvalue weighted by atomic mass is 9.87. The number of rotatable bonds is 4. The predicted octanol–water partition coefficient (Wildman–Crippen LogP) is 4.07. The summed E-state index contributed by atoms with van der Waals surface area (Å²) in [7, 11) is 0. The van der Waals surface area contributed by atoms with E-state index in [-0.39, 0.29) is 23.8 Å². The average molecular weight is 480 g/mol. The van der Waals surface area contributed by atoms with Gasteiger partial charge in [-0.2, -0.15) is 18.3 Å². The fourth-order valence-electron chi connectivity index (χ4n) is 3.54. The zero-order chi connectivity index (χ0) is 24.5. The van der Waals surface area contributed by atoms with Gasteiger partial charge in [0.25, 0.3) is 6.02 Å². The van der Waals surface area contributed by atoms with E-state index in [0.29, 0.717) is 6.07 Å². The number of carbonyl (C=O) groups is 1.